The summed E-state index contributed by atoms with van der Waals surface area (Å²) >= 11 is 3.36. The molecular weight excluding hydrogens is 346 g/mol. The molecule has 22 heavy (non-hydrogen) atoms. The SMILES string of the molecule is Cc1c(C)c2c(c(C)c1O)CCC(C)(C(=O)NCCCBr)O2. The Labute approximate surface area is 140 Å². The molecule has 1 aliphatic rings. The fourth-order valence-electron chi connectivity index (χ4n) is 2.86. The number of carbonyl (C=O) groups is 1. The number of halogens is 1. The first kappa shape index (κ1) is 17.1. The largest absolute Gasteiger partial charge is 0.507 e. The van der Waals surface area contributed by atoms with E-state index in [0.717, 1.165) is 46.2 Å². The van der Waals surface area contributed by atoms with Crippen LogP contribution in [0.15, 0.2) is 0 Å². The van der Waals surface area contributed by atoms with E-state index in [9.17, 15) is 9.90 Å². The molecule has 0 radical (unpaired) electrons. The number of nitrogens with one attached hydrogen (secondary N) is 1. The molecule has 2 rings (SSSR count). The van der Waals surface area contributed by atoms with Gasteiger partial charge in [-0.2, -0.15) is 0 Å². The van der Waals surface area contributed by atoms with Crippen LogP contribution in [0.2, 0.25) is 0 Å². The van der Waals surface area contributed by atoms with E-state index >= 15 is 0 Å². The topological polar surface area (TPSA) is 58.6 Å². The van der Waals surface area contributed by atoms with E-state index in [2.05, 4.69) is 21.2 Å². The lowest BCUT2D eigenvalue weighted by Gasteiger charge is -2.36. The second-order valence-corrected chi connectivity index (χ2v) is 6.96. The van der Waals surface area contributed by atoms with Crippen molar-refractivity contribution in [2.45, 2.75) is 52.6 Å². The van der Waals surface area contributed by atoms with Gasteiger partial charge in [-0.25, -0.2) is 0 Å². The third-order valence-corrected chi connectivity index (χ3v) is 5.16. The van der Waals surface area contributed by atoms with Gasteiger partial charge in [0.25, 0.3) is 5.91 Å². The van der Waals surface area contributed by atoms with E-state index in [1.807, 2.05) is 27.7 Å². The summed E-state index contributed by atoms with van der Waals surface area (Å²) in [6.45, 7) is 8.20. The zero-order valence-corrected chi connectivity index (χ0v) is 15.3. The Morgan fingerprint density at radius 3 is 2.64 bits per heavy atom. The van der Waals surface area contributed by atoms with Crippen LogP contribution in [0.3, 0.4) is 0 Å². The second kappa shape index (κ2) is 6.49. The van der Waals surface area contributed by atoms with Crippen LogP contribution in [0.1, 0.15) is 42.0 Å². The highest BCUT2D eigenvalue weighted by Crippen LogP contribution is 2.43. The second-order valence-electron chi connectivity index (χ2n) is 6.16. The third kappa shape index (κ3) is 2.96. The molecule has 1 amide bonds. The summed E-state index contributed by atoms with van der Waals surface area (Å²) in [7, 11) is 0. The minimum atomic E-state index is -0.847. The van der Waals surface area contributed by atoms with Crippen LogP contribution >= 0.6 is 15.9 Å². The van der Waals surface area contributed by atoms with Gasteiger partial charge < -0.3 is 15.2 Å². The van der Waals surface area contributed by atoms with Crippen molar-refractivity contribution in [1.82, 2.24) is 5.32 Å². The lowest BCUT2D eigenvalue weighted by atomic mass is 9.86. The normalized spacial score (nSPS) is 20.2. The third-order valence-electron chi connectivity index (χ3n) is 4.60. The zero-order chi connectivity index (χ0) is 16.5. The summed E-state index contributed by atoms with van der Waals surface area (Å²) in [6.07, 6.45) is 2.24. The predicted octanol–water partition coefficient (Wildman–Crippen LogP) is 3.30. The molecule has 0 aliphatic carbocycles. The van der Waals surface area contributed by atoms with Crippen LogP contribution in [-0.2, 0) is 11.2 Å². The van der Waals surface area contributed by atoms with Gasteiger partial charge in [-0.15, -0.1) is 0 Å². The van der Waals surface area contributed by atoms with Gasteiger partial charge in [0.1, 0.15) is 11.5 Å². The summed E-state index contributed by atoms with van der Waals surface area (Å²) in [5, 5.41) is 14.0. The smallest absolute Gasteiger partial charge is 0.263 e. The van der Waals surface area contributed by atoms with Crippen LogP contribution in [0.5, 0.6) is 11.5 Å². The molecule has 122 valence electrons. The van der Waals surface area contributed by atoms with Crippen molar-refractivity contribution in [3.05, 3.63) is 22.3 Å². The van der Waals surface area contributed by atoms with Crippen LogP contribution in [0.25, 0.3) is 0 Å². The summed E-state index contributed by atoms with van der Waals surface area (Å²) in [4.78, 5) is 12.5. The molecule has 1 aromatic carbocycles. The Morgan fingerprint density at radius 1 is 1.32 bits per heavy atom. The van der Waals surface area contributed by atoms with Gasteiger partial charge in [0.2, 0.25) is 0 Å². The Morgan fingerprint density at radius 2 is 2.00 bits per heavy atom. The lowest BCUT2D eigenvalue weighted by Crippen LogP contribution is -2.51. The van der Waals surface area contributed by atoms with Crippen molar-refractivity contribution in [3.8, 4) is 11.5 Å². The Hall–Kier alpha value is -1.23. The number of hydrogen-bond acceptors (Lipinski definition) is 3. The van der Waals surface area contributed by atoms with Crippen LogP contribution in [0.4, 0.5) is 0 Å². The maximum absolute atomic E-state index is 12.5. The number of fused-ring (bicyclic) bond motifs is 1. The van der Waals surface area contributed by atoms with E-state index < -0.39 is 5.60 Å². The maximum atomic E-state index is 12.5. The summed E-state index contributed by atoms with van der Waals surface area (Å²) in [6, 6.07) is 0. The highest BCUT2D eigenvalue weighted by Gasteiger charge is 2.40. The van der Waals surface area contributed by atoms with E-state index in [0.29, 0.717) is 18.7 Å². The standard InChI is InChI=1S/C17H24BrNO3/c1-10-11(2)15-13(12(3)14(10)20)6-7-17(4,22-15)16(21)19-9-5-8-18/h20H,5-9H2,1-4H3,(H,19,21). The molecule has 0 spiro atoms. The van der Waals surface area contributed by atoms with Crippen molar-refractivity contribution in [2.24, 2.45) is 0 Å². The molecule has 0 aromatic heterocycles. The van der Waals surface area contributed by atoms with E-state index in [1.165, 1.54) is 0 Å². The first-order valence-electron chi connectivity index (χ1n) is 7.66. The molecule has 4 nitrogen and oxygen atoms in total. The number of alkyl halides is 1. The minimum Gasteiger partial charge on any atom is -0.507 e. The van der Waals surface area contributed by atoms with E-state index in [1.54, 1.807) is 0 Å². The minimum absolute atomic E-state index is 0.0677. The molecular formula is C17H24BrNO3. The molecule has 0 saturated heterocycles. The zero-order valence-electron chi connectivity index (χ0n) is 13.7. The number of benzene rings is 1. The first-order valence-corrected chi connectivity index (χ1v) is 8.79. The molecule has 1 aliphatic heterocycles. The highest BCUT2D eigenvalue weighted by molar-refractivity contribution is 9.09. The first-order chi connectivity index (χ1) is 10.3. The average Bonchev–Trinajstić information content (AvgIpc) is 2.51. The fourth-order valence-corrected chi connectivity index (χ4v) is 3.14. The molecule has 1 aromatic rings. The van der Waals surface area contributed by atoms with Gasteiger partial charge in [-0.3, -0.25) is 4.79 Å². The van der Waals surface area contributed by atoms with Gasteiger partial charge in [0, 0.05) is 23.9 Å². The lowest BCUT2D eigenvalue weighted by molar-refractivity contribution is -0.136. The van der Waals surface area contributed by atoms with Crippen LogP contribution in [0, 0.1) is 20.8 Å². The number of hydrogen-bond donors (Lipinski definition) is 2. The van der Waals surface area contributed by atoms with Crippen molar-refractivity contribution in [3.63, 3.8) is 0 Å². The fraction of sp³-hybridized carbons (Fsp3) is 0.588. The van der Waals surface area contributed by atoms with Crippen molar-refractivity contribution in [1.29, 1.82) is 0 Å². The number of phenolic OH excluding ortho intramolecular Hbond substituents is 1. The summed E-state index contributed by atoms with van der Waals surface area (Å²) in [5.74, 6) is 1.03. The van der Waals surface area contributed by atoms with Gasteiger partial charge >= 0.3 is 0 Å². The molecule has 5 heteroatoms. The number of phenols is 1. The number of rotatable bonds is 4. The van der Waals surface area contributed by atoms with Crippen LogP contribution in [-0.4, -0.2) is 28.5 Å². The van der Waals surface area contributed by atoms with E-state index in [-0.39, 0.29) is 5.91 Å². The Balaban J connectivity index is 2.29. The van der Waals surface area contributed by atoms with Gasteiger partial charge in [0.15, 0.2) is 5.60 Å². The quantitative estimate of drug-likeness (QED) is 0.632. The van der Waals surface area contributed by atoms with Gasteiger partial charge in [-0.1, -0.05) is 15.9 Å². The molecule has 0 saturated carbocycles. The van der Waals surface area contributed by atoms with E-state index in [4.69, 9.17) is 4.74 Å². The van der Waals surface area contributed by atoms with Gasteiger partial charge in [0.05, 0.1) is 0 Å². The average molecular weight is 370 g/mol. The molecule has 1 atom stereocenters. The molecule has 2 N–H and O–H groups in total. The van der Waals surface area contributed by atoms with Crippen molar-refractivity contribution >= 4 is 21.8 Å². The molecule has 1 heterocycles. The molecule has 0 fully saturated rings. The number of ether oxygens (including phenoxy) is 1. The van der Waals surface area contributed by atoms with Crippen molar-refractivity contribution < 1.29 is 14.6 Å². The molecule has 0 bridgehead atoms. The number of carbonyl (C=O) groups excluding carboxylic acids is 1. The summed E-state index contributed by atoms with van der Waals surface area (Å²) in [5.41, 5.74) is 2.77. The van der Waals surface area contributed by atoms with Gasteiger partial charge in [-0.05, 0) is 57.2 Å². The monoisotopic (exact) mass is 369 g/mol. The number of aromatic hydroxyl groups is 1. The maximum Gasteiger partial charge on any atom is 0.263 e. The predicted molar refractivity (Wildman–Crippen MR) is 91.1 cm³/mol. The summed E-state index contributed by atoms with van der Waals surface area (Å²) < 4.78 is 6.12. The van der Waals surface area contributed by atoms with Crippen molar-refractivity contribution in [2.75, 3.05) is 11.9 Å². The van der Waals surface area contributed by atoms with Crippen LogP contribution < -0.4 is 10.1 Å². The Bertz CT molecular complexity index is 600. The number of amides is 1. The molecule has 1 unspecified atom stereocenters. The highest BCUT2D eigenvalue weighted by atomic mass is 79.9. The Kier molecular flexibility index (Phi) is 5.05.